The summed E-state index contributed by atoms with van der Waals surface area (Å²) in [5.41, 5.74) is 9.35. The third kappa shape index (κ3) is 4.37. The van der Waals surface area contributed by atoms with E-state index in [0.717, 1.165) is 11.3 Å². The molecule has 0 aliphatic rings. The van der Waals surface area contributed by atoms with E-state index in [1.54, 1.807) is 0 Å². The molecule has 1 aromatic heterocycles. The number of nitrogen functional groups attached to an aromatic ring is 1. The van der Waals surface area contributed by atoms with Gasteiger partial charge in [-0.25, -0.2) is 4.98 Å². The number of pyridine rings is 1. The Labute approximate surface area is 140 Å². The van der Waals surface area contributed by atoms with Crippen molar-refractivity contribution in [1.29, 1.82) is 0 Å². The number of nitrogens with zero attached hydrogens (tertiary/aromatic N) is 1. The van der Waals surface area contributed by atoms with Crippen LogP contribution in [-0.2, 0) is 4.43 Å². The summed E-state index contributed by atoms with van der Waals surface area (Å²) in [7, 11) is -1.75. The highest BCUT2D eigenvalue weighted by atomic mass is 35.5. The maximum absolute atomic E-state index is 6.23. The number of anilines is 2. The number of rotatable bonds is 5. The first-order valence-electron chi connectivity index (χ1n) is 7.69. The summed E-state index contributed by atoms with van der Waals surface area (Å²) >= 11 is 6.23. The molecule has 1 rings (SSSR count). The van der Waals surface area contributed by atoms with Gasteiger partial charge in [-0.15, -0.1) is 0 Å². The maximum atomic E-state index is 6.23. The van der Waals surface area contributed by atoms with Gasteiger partial charge in [-0.05, 0) is 44.5 Å². The predicted octanol–water partition coefficient (Wildman–Crippen LogP) is 4.76. The van der Waals surface area contributed by atoms with Crippen LogP contribution in [0.3, 0.4) is 0 Å². The van der Waals surface area contributed by atoms with Crippen molar-refractivity contribution in [2.45, 2.75) is 65.7 Å². The molecule has 4 nitrogen and oxygen atoms in total. The average Bonchev–Trinajstić information content (AvgIpc) is 2.37. The first-order valence-corrected chi connectivity index (χ1v) is 11.0. The molecule has 0 aliphatic heterocycles. The van der Waals surface area contributed by atoms with Crippen LogP contribution in [0.5, 0.6) is 0 Å². The second-order valence-electron chi connectivity index (χ2n) is 7.52. The van der Waals surface area contributed by atoms with Gasteiger partial charge >= 0.3 is 0 Å². The third-order valence-electron chi connectivity index (χ3n) is 4.58. The van der Waals surface area contributed by atoms with Crippen LogP contribution in [0.15, 0.2) is 0 Å². The van der Waals surface area contributed by atoms with Gasteiger partial charge in [0, 0.05) is 11.7 Å². The van der Waals surface area contributed by atoms with Crippen molar-refractivity contribution in [2.75, 3.05) is 17.7 Å². The van der Waals surface area contributed by atoms with Gasteiger partial charge in [0.25, 0.3) is 0 Å². The van der Waals surface area contributed by atoms with E-state index in [1.165, 1.54) is 0 Å². The normalized spacial score (nSPS) is 14.0. The summed E-state index contributed by atoms with van der Waals surface area (Å²) in [5, 5.41) is 3.96. The van der Waals surface area contributed by atoms with E-state index < -0.39 is 8.32 Å². The summed E-state index contributed by atoms with van der Waals surface area (Å²) in [6.45, 7) is 17.8. The van der Waals surface area contributed by atoms with Gasteiger partial charge in [0.05, 0.1) is 18.0 Å². The van der Waals surface area contributed by atoms with E-state index in [-0.39, 0.29) is 11.1 Å². The molecule has 0 bridgehead atoms. The van der Waals surface area contributed by atoms with E-state index in [2.05, 4.69) is 51.1 Å². The van der Waals surface area contributed by atoms with Crippen LogP contribution in [0.25, 0.3) is 0 Å². The molecule has 0 fully saturated rings. The van der Waals surface area contributed by atoms with Gasteiger partial charge in [0.2, 0.25) is 0 Å². The fourth-order valence-corrected chi connectivity index (χ4v) is 3.14. The highest BCUT2D eigenvalue weighted by molar-refractivity contribution is 6.74. The van der Waals surface area contributed by atoms with Crippen LogP contribution >= 0.6 is 11.6 Å². The Bertz CT molecular complexity index is 541. The van der Waals surface area contributed by atoms with Crippen LogP contribution in [0.4, 0.5) is 11.4 Å². The molecule has 0 radical (unpaired) electrons. The van der Waals surface area contributed by atoms with E-state index in [0.29, 0.717) is 23.1 Å². The van der Waals surface area contributed by atoms with E-state index >= 15 is 0 Å². The van der Waals surface area contributed by atoms with Gasteiger partial charge in [-0.1, -0.05) is 32.4 Å². The molecule has 1 atom stereocenters. The first kappa shape index (κ1) is 19.3. The van der Waals surface area contributed by atoms with Crippen molar-refractivity contribution in [1.82, 2.24) is 4.98 Å². The molecule has 0 amide bonds. The van der Waals surface area contributed by atoms with Gasteiger partial charge in [-0.2, -0.15) is 0 Å². The molecule has 0 aromatic carbocycles. The summed E-state index contributed by atoms with van der Waals surface area (Å²) in [6.07, 6.45) is 0. The summed E-state index contributed by atoms with van der Waals surface area (Å²) in [6, 6.07) is 0.109. The molecule has 1 aromatic rings. The van der Waals surface area contributed by atoms with Crippen LogP contribution in [0.2, 0.25) is 23.3 Å². The van der Waals surface area contributed by atoms with Crippen LogP contribution in [0.1, 0.15) is 39.0 Å². The predicted molar refractivity (Wildman–Crippen MR) is 99.4 cm³/mol. The molecule has 6 heteroatoms. The lowest BCUT2D eigenvalue weighted by molar-refractivity contribution is 0.276. The van der Waals surface area contributed by atoms with Crippen LogP contribution in [-0.4, -0.2) is 26.0 Å². The number of nitrogens with two attached hydrogens (primary N) is 1. The van der Waals surface area contributed by atoms with E-state index in [4.69, 9.17) is 21.8 Å². The third-order valence-corrected chi connectivity index (χ3v) is 9.35. The minimum absolute atomic E-state index is 0.109. The number of halogens is 1. The minimum atomic E-state index is -1.75. The van der Waals surface area contributed by atoms with Crippen molar-refractivity contribution in [2.24, 2.45) is 0 Å². The average molecular weight is 344 g/mol. The molecule has 126 valence electrons. The highest BCUT2D eigenvalue weighted by Gasteiger charge is 2.37. The zero-order valence-electron chi connectivity index (χ0n) is 15.1. The Balaban J connectivity index is 2.79. The van der Waals surface area contributed by atoms with Crippen LogP contribution in [0, 0.1) is 13.8 Å². The Hall–Kier alpha value is -0.783. The topological polar surface area (TPSA) is 60.2 Å². The second kappa shape index (κ2) is 6.77. The molecule has 0 unspecified atom stereocenters. The Kier molecular flexibility index (Phi) is 5.92. The number of nitrogens with one attached hydrogen (secondary N) is 1. The molecule has 0 saturated carbocycles. The van der Waals surface area contributed by atoms with Crippen molar-refractivity contribution >= 4 is 31.3 Å². The molecule has 0 saturated heterocycles. The van der Waals surface area contributed by atoms with E-state index in [9.17, 15) is 0 Å². The van der Waals surface area contributed by atoms with Crippen molar-refractivity contribution in [3.05, 3.63) is 16.4 Å². The van der Waals surface area contributed by atoms with Crippen molar-refractivity contribution in [3.8, 4) is 0 Å². The second-order valence-corrected chi connectivity index (χ2v) is 12.7. The lowest BCUT2D eigenvalue weighted by Crippen LogP contribution is -2.43. The van der Waals surface area contributed by atoms with Crippen molar-refractivity contribution in [3.63, 3.8) is 0 Å². The molecule has 3 N–H and O–H groups in total. The SMILES string of the molecule is Cc1nc(Cl)c(N[C@@H](C)CO[Si](C)(C)C(C)(C)C)c(N)c1C. The lowest BCUT2D eigenvalue weighted by atomic mass is 10.1. The summed E-state index contributed by atoms with van der Waals surface area (Å²) in [5.74, 6) is 0. The smallest absolute Gasteiger partial charge is 0.192 e. The van der Waals surface area contributed by atoms with E-state index in [1.807, 2.05) is 13.8 Å². The maximum Gasteiger partial charge on any atom is 0.192 e. The largest absolute Gasteiger partial charge is 0.415 e. The van der Waals surface area contributed by atoms with Gasteiger partial charge in [0.1, 0.15) is 0 Å². The molecule has 0 aliphatic carbocycles. The zero-order chi connectivity index (χ0) is 17.3. The Morgan fingerprint density at radius 2 is 1.86 bits per heavy atom. The minimum Gasteiger partial charge on any atom is -0.415 e. The molecule has 0 spiro atoms. The Morgan fingerprint density at radius 3 is 2.36 bits per heavy atom. The number of hydrogen-bond donors (Lipinski definition) is 2. The summed E-state index contributed by atoms with van der Waals surface area (Å²) < 4.78 is 6.23. The lowest BCUT2D eigenvalue weighted by Gasteiger charge is -2.37. The van der Waals surface area contributed by atoms with Gasteiger partial charge < -0.3 is 15.5 Å². The Morgan fingerprint density at radius 1 is 1.32 bits per heavy atom. The first-order chi connectivity index (χ1) is 9.86. The quantitative estimate of drug-likeness (QED) is 0.598. The standard InChI is InChI=1S/C16H30ClN3OSi/c1-10(9-21-22(7,8)16(4,5)6)19-14-13(18)11(2)12(3)20-15(14)17/h10,19H,9H2,1-8H3,(H2,18,20)/t10-/m0/s1. The number of aryl methyl sites for hydroxylation is 1. The summed E-state index contributed by atoms with van der Waals surface area (Å²) in [4.78, 5) is 4.33. The van der Waals surface area contributed by atoms with Crippen molar-refractivity contribution < 1.29 is 4.43 Å². The number of aromatic nitrogens is 1. The molecule has 1 heterocycles. The fourth-order valence-electron chi connectivity index (χ4n) is 1.76. The van der Waals surface area contributed by atoms with Gasteiger partial charge in [0.15, 0.2) is 13.5 Å². The van der Waals surface area contributed by atoms with Crippen LogP contribution < -0.4 is 11.1 Å². The molecular formula is C16H30ClN3OSi. The highest BCUT2D eigenvalue weighted by Crippen LogP contribution is 2.37. The zero-order valence-corrected chi connectivity index (χ0v) is 16.9. The molecule has 22 heavy (non-hydrogen) atoms. The monoisotopic (exact) mass is 343 g/mol. The fraction of sp³-hybridized carbons (Fsp3) is 0.688. The number of hydrogen-bond acceptors (Lipinski definition) is 4. The van der Waals surface area contributed by atoms with Gasteiger partial charge in [-0.3, -0.25) is 0 Å². The molecular weight excluding hydrogens is 314 g/mol.